The molecular formula is C71H49N. The van der Waals surface area contributed by atoms with E-state index >= 15 is 0 Å². The Bertz CT molecular complexity index is 3830. The highest BCUT2D eigenvalue weighted by molar-refractivity contribution is 6.02. The van der Waals surface area contributed by atoms with E-state index in [2.05, 4.69) is 302 Å². The van der Waals surface area contributed by atoms with Crippen LogP contribution >= 0.6 is 0 Å². The van der Waals surface area contributed by atoms with E-state index in [1.54, 1.807) is 0 Å². The van der Waals surface area contributed by atoms with Gasteiger partial charge in [0.2, 0.25) is 0 Å². The Kier molecular flexibility index (Phi) is 10.8. The standard InChI is InChI=1S/C71H49N/c1-5-21-52(22-6-1)62-32-15-16-34-66(62)70-63(54-23-7-2-8-24-54)36-20-38-69(70)72(58-45-43-51(44-46-58)50-39-41-55(42-40-50)61-35-19-26-53-25-13-14-31-60(53)61)59-47-48-65-64-33-17-18-37-67(64)71(68(65)49-59,56-27-9-3-10-28-56)57-29-11-4-12-30-57/h1-49H. The number of rotatable bonds is 10. The highest BCUT2D eigenvalue weighted by Gasteiger charge is 2.46. The summed E-state index contributed by atoms with van der Waals surface area (Å²) in [4.78, 5) is 2.50. The topological polar surface area (TPSA) is 3.24 Å². The molecule has 0 saturated heterocycles. The molecule has 1 aliphatic carbocycles. The largest absolute Gasteiger partial charge is 0.310 e. The van der Waals surface area contributed by atoms with Crippen LogP contribution in [0.25, 0.3) is 77.5 Å². The molecule has 1 heteroatoms. The van der Waals surface area contributed by atoms with Crippen LogP contribution in [0.4, 0.5) is 17.1 Å². The van der Waals surface area contributed by atoms with Crippen molar-refractivity contribution in [1.29, 1.82) is 0 Å². The number of benzene rings is 12. The molecule has 0 fully saturated rings. The molecule has 12 aromatic rings. The van der Waals surface area contributed by atoms with Gasteiger partial charge >= 0.3 is 0 Å². The van der Waals surface area contributed by atoms with E-state index in [-0.39, 0.29) is 0 Å². The Balaban J connectivity index is 1.04. The Morgan fingerprint density at radius 2 is 0.694 bits per heavy atom. The number of nitrogens with zero attached hydrogens (tertiary/aromatic N) is 1. The first-order valence-corrected chi connectivity index (χ1v) is 24.9. The van der Waals surface area contributed by atoms with E-state index in [9.17, 15) is 0 Å². The predicted octanol–water partition coefficient (Wildman–Crippen LogP) is 19.0. The second-order valence-corrected chi connectivity index (χ2v) is 18.7. The molecule has 0 spiro atoms. The van der Waals surface area contributed by atoms with Gasteiger partial charge in [-0.1, -0.05) is 267 Å². The van der Waals surface area contributed by atoms with Crippen molar-refractivity contribution in [2.45, 2.75) is 5.41 Å². The van der Waals surface area contributed by atoms with Gasteiger partial charge in [0.25, 0.3) is 0 Å². The van der Waals surface area contributed by atoms with Crippen molar-refractivity contribution in [3.63, 3.8) is 0 Å². The number of hydrogen-bond acceptors (Lipinski definition) is 1. The first kappa shape index (κ1) is 42.8. The Hall–Kier alpha value is -9.30. The molecule has 0 N–H and O–H groups in total. The molecule has 13 rings (SSSR count). The second kappa shape index (κ2) is 18.2. The van der Waals surface area contributed by atoms with Crippen molar-refractivity contribution in [2.24, 2.45) is 0 Å². The van der Waals surface area contributed by atoms with Gasteiger partial charge in [-0.2, -0.15) is 0 Å². The molecule has 1 aliphatic rings. The van der Waals surface area contributed by atoms with E-state index < -0.39 is 5.41 Å². The quantitative estimate of drug-likeness (QED) is 0.132. The molecule has 0 aliphatic heterocycles. The van der Waals surface area contributed by atoms with Crippen LogP contribution in [0.2, 0.25) is 0 Å². The molecule has 0 saturated carbocycles. The summed E-state index contributed by atoms with van der Waals surface area (Å²) < 4.78 is 0. The lowest BCUT2D eigenvalue weighted by Crippen LogP contribution is -2.28. The van der Waals surface area contributed by atoms with Gasteiger partial charge in [-0.3, -0.25) is 0 Å². The van der Waals surface area contributed by atoms with Crippen LogP contribution in [0.1, 0.15) is 22.3 Å². The molecule has 0 radical (unpaired) electrons. The summed E-state index contributed by atoms with van der Waals surface area (Å²) >= 11 is 0. The normalized spacial score (nSPS) is 12.3. The summed E-state index contributed by atoms with van der Waals surface area (Å²) in [5.41, 5.74) is 22.0. The molecule has 338 valence electrons. The van der Waals surface area contributed by atoms with E-state index in [0.29, 0.717) is 0 Å². The Morgan fingerprint density at radius 3 is 1.38 bits per heavy atom. The minimum absolute atomic E-state index is 0.563. The third-order valence-corrected chi connectivity index (χ3v) is 14.8. The summed E-state index contributed by atoms with van der Waals surface area (Å²) in [6.45, 7) is 0. The van der Waals surface area contributed by atoms with Gasteiger partial charge in [0.05, 0.1) is 11.1 Å². The fraction of sp³-hybridized carbons (Fsp3) is 0.0141. The average Bonchev–Trinajstić information content (AvgIpc) is 3.76. The van der Waals surface area contributed by atoms with Crippen LogP contribution in [0.3, 0.4) is 0 Å². The Morgan fingerprint density at radius 1 is 0.250 bits per heavy atom. The Labute approximate surface area is 422 Å². The molecular weight excluding hydrogens is 867 g/mol. The molecule has 72 heavy (non-hydrogen) atoms. The minimum atomic E-state index is -0.563. The fourth-order valence-electron chi connectivity index (χ4n) is 11.6. The summed E-state index contributed by atoms with van der Waals surface area (Å²) in [6.07, 6.45) is 0. The van der Waals surface area contributed by atoms with Crippen molar-refractivity contribution < 1.29 is 0 Å². The number of hydrogen-bond donors (Lipinski definition) is 0. The van der Waals surface area contributed by atoms with E-state index in [0.717, 1.165) is 33.8 Å². The highest BCUT2D eigenvalue weighted by Crippen LogP contribution is 2.58. The van der Waals surface area contributed by atoms with E-state index in [1.807, 2.05) is 0 Å². The highest BCUT2D eigenvalue weighted by atomic mass is 15.1. The van der Waals surface area contributed by atoms with Crippen LogP contribution in [-0.2, 0) is 5.41 Å². The van der Waals surface area contributed by atoms with E-state index in [4.69, 9.17) is 0 Å². The van der Waals surface area contributed by atoms with Crippen molar-refractivity contribution in [1.82, 2.24) is 0 Å². The number of anilines is 3. The van der Waals surface area contributed by atoms with Crippen LogP contribution < -0.4 is 4.90 Å². The van der Waals surface area contributed by atoms with Crippen LogP contribution in [0, 0.1) is 0 Å². The molecule has 12 aromatic carbocycles. The third-order valence-electron chi connectivity index (χ3n) is 14.8. The summed E-state index contributed by atoms with van der Waals surface area (Å²) in [7, 11) is 0. The molecule has 0 aromatic heterocycles. The van der Waals surface area contributed by atoms with Gasteiger partial charge in [-0.25, -0.2) is 0 Å². The third kappa shape index (κ3) is 7.25. The van der Waals surface area contributed by atoms with Crippen molar-refractivity contribution >= 4 is 27.8 Å². The van der Waals surface area contributed by atoms with Crippen LogP contribution in [0.15, 0.2) is 297 Å². The lowest BCUT2D eigenvalue weighted by atomic mass is 9.67. The minimum Gasteiger partial charge on any atom is -0.310 e. The molecule has 0 atom stereocenters. The summed E-state index contributed by atoms with van der Waals surface area (Å²) in [6, 6.07) is 109. The maximum Gasteiger partial charge on any atom is 0.0714 e. The maximum absolute atomic E-state index is 2.50. The predicted molar refractivity (Wildman–Crippen MR) is 303 cm³/mol. The van der Waals surface area contributed by atoms with Gasteiger partial charge in [0.15, 0.2) is 0 Å². The van der Waals surface area contributed by atoms with Crippen molar-refractivity contribution in [3.8, 4) is 66.8 Å². The number of fused-ring (bicyclic) bond motifs is 4. The smallest absolute Gasteiger partial charge is 0.0714 e. The lowest BCUT2D eigenvalue weighted by molar-refractivity contribution is 0.768. The molecule has 0 heterocycles. The van der Waals surface area contributed by atoms with E-state index in [1.165, 1.54) is 83.1 Å². The summed E-state index contributed by atoms with van der Waals surface area (Å²) in [5.74, 6) is 0. The molecule has 1 nitrogen and oxygen atoms in total. The summed E-state index contributed by atoms with van der Waals surface area (Å²) in [5, 5.41) is 2.51. The second-order valence-electron chi connectivity index (χ2n) is 18.7. The van der Waals surface area contributed by atoms with Gasteiger partial charge in [0, 0.05) is 16.9 Å². The van der Waals surface area contributed by atoms with Gasteiger partial charge in [0.1, 0.15) is 0 Å². The zero-order valence-corrected chi connectivity index (χ0v) is 39.7. The average molecular weight is 916 g/mol. The molecule has 0 unspecified atom stereocenters. The van der Waals surface area contributed by atoms with Gasteiger partial charge in [-0.15, -0.1) is 0 Å². The zero-order chi connectivity index (χ0) is 47.8. The monoisotopic (exact) mass is 915 g/mol. The first-order chi connectivity index (χ1) is 35.7. The van der Waals surface area contributed by atoms with Gasteiger partial charge in [-0.05, 0) is 125 Å². The van der Waals surface area contributed by atoms with Crippen molar-refractivity contribution in [2.75, 3.05) is 4.90 Å². The SMILES string of the molecule is c1ccc(-c2ccccc2-c2c(-c3ccccc3)cccc2N(c2ccc(-c3ccc(-c4cccc5ccccc45)cc3)cc2)c2ccc3c(c2)C(c2ccccc2)(c2ccccc2)c2ccccc2-3)cc1. The maximum atomic E-state index is 2.50. The molecule has 0 bridgehead atoms. The van der Waals surface area contributed by atoms with Crippen LogP contribution in [-0.4, -0.2) is 0 Å². The molecule has 0 amide bonds. The zero-order valence-electron chi connectivity index (χ0n) is 39.7. The van der Waals surface area contributed by atoms with Crippen molar-refractivity contribution in [3.05, 3.63) is 320 Å². The van der Waals surface area contributed by atoms with Crippen LogP contribution in [0.5, 0.6) is 0 Å². The van der Waals surface area contributed by atoms with Gasteiger partial charge < -0.3 is 4.90 Å². The first-order valence-electron chi connectivity index (χ1n) is 24.9. The fourth-order valence-corrected chi connectivity index (χ4v) is 11.6. The lowest BCUT2D eigenvalue weighted by Gasteiger charge is -2.35.